The normalized spacial score (nSPS) is 29.1. The maximum atomic E-state index is 12.5. The van der Waals surface area contributed by atoms with E-state index in [2.05, 4.69) is 34.3 Å². The van der Waals surface area contributed by atoms with E-state index in [0.717, 1.165) is 26.2 Å². The lowest BCUT2D eigenvalue weighted by Gasteiger charge is -2.23. The van der Waals surface area contributed by atoms with Crippen molar-refractivity contribution in [3.63, 3.8) is 0 Å². The maximum Gasteiger partial charge on any atom is 0.230 e. The van der Waals surface area contributed by atoms with Gasteiger partial charge >= 0.3 is 0 Å². The Morgan fingerprint density at radius 3 is 2.64 bits per heavy atom. The van der Waals surface area contributed by atoms with Crippen LogP contribution in [0.2, 0.25) is 0 Å². The summed E-state index contributed by atoms with van der Waals surface area (Å²) < 4.78 is 0. The first-order valence-corrected chi connectivity index (χ1v) is 7.93. The molecule has 1 aromatic heterocycles. The van der Waals surface area contributed by atoms with E-state index in [4.69, 9.17) is 0 Å². The number of carbonyl (C=O) groups is 1. The Morgan fingerprint density at radius 1 is 1.32 bits per heavy atom. The largest absolute Gasteiger partial charge is 0.341 e. The molecule has 2 atom stereocenters. The highest BCUT2D eigenvalue weighted by atomic mass is 16.2. The van der Waals surface area contributed by atoms with Crippen molar-refractivity contribution in [2.45, 2.75) is 39.7 Å². The molecule has 22 heavy (non-hydrogen) atoms. The summed E-state index contributed by atoms with van der Waals surface area (Å²) in [6.45, 7) is 12.2. The molecule has 3 rings (SSSR count). The predicted molar refractivity (Wildman–Crippen MR) is 82.2 cm³/mol. The van der Waals surface area contributed by atoms with Gasteiger partial charge in [0.1, 0.15) is 0 Å². The summed E-state index contributed by atoms with van der Waals surface area (Å²) in [4.78, 5) is 18.4. The van der Waals surface area contributed by atoms with Gasteiger partial charge in [-0.2, -0.15) is 4.80 Å². The second-order valence-corrected chi connectivity index (χ2v) is 8.16. The van der Waals surface area contributed by atoms with Crippen LogP contribution in [0.5, 0.6) is 0 Å². The first kappa shape index (κ1) is 15.4. The Labute approximate surface area is 131 Å². The molecule has 0 N–H and O–H groups in total. The van der Waals surface area contributed by atoms with Gasteiger partial charge in [0.05, 0.1) is 12.0 Å². The van der Waals surface area contributed by atoms with E-state index in [1.54, 1.807) is 4.80 Å². The highest BCUT2D eigenvalue weighted by Crippen LogP contribution is 2.41. The highest BCUT2D eigenvalue weighted by Gasteiger charge is 2.49. The zero-order valence-corrected chi connectivity index (χ0v) is 14.2. The second kappa shape index (κ2) is 5.01. The molecule has 7 heteroatoms. The van der Waals surface area contributed by atoms with Crippen LogP contribution in [0.4, 0.5) is 0 Å². The van der Waals surface area contributed by atoms with Crippen LogP contribution in [0.25, 0.3) is 0 Å². The van der Waals surface area contributed by atoms with Crippen molar-refractivity contribution in [3.05, 3.63) is 5.82 Å². The highest BCUT2D eigenvalue weighted by molar-refractivity contribution is 5.78. The minimum absolute atomic E-state index is 0.117. The molecule has 7 nitrogen and oxygen atoms in total. The number of fused-ring (bicyclic) bond motifs is 1. The summed E-state index contributed by atoms with van der Waals surface area (Å²) in [7, 11) is 2.16. The minimum atomic E-state index is -0.211. The molecule has 0 aromatic carbocycles. The number of likely N-dealkylation sites (tertiary alicyclic amines) is 2. The predicted octanol–water partition coefficient (Wildman–Crippen LogP) is 0.381. The van der Waals surface area contributed by atoms with Crippen molar-refractivity contribution >= 4 is 5.91 Å². The average Bonchev–Trinajstić information content (AvgIpc) is 3.00. The monoisotopic (exact) mass is 306 g/mol. The topological polar surface area (TPSA) is 67.2 Å². The Morgan fingerprint density at radius 2 is 2.05 bits per heavy atom. The van der Waals surface area contributed by atoms with Gasteiger partial charge in [0.2, 0.25) is 5.91 Å². The summed E-state index contributed by atoms with van der Waals surface area (Å²) in [5, 5.41) is 12.4. The molecule has 2 fully saturated rings. The quantitative estimate of drug-likeness (QED) is 0.790. The summed E-state index contributed by atoms with van der Waals surface area (Å²) in [5.41, 5.74) is 0.0257. The fraction of sp³-hybridized carbons (Fsp3) is 0.867. The van der Waals surface area contributed by atoms with Crippen LogP contribution in [-0.4, -0.2) is 69.1 Å². The zero-order valence-electron chi connectivity index (χ0n) is 14.2. The third-order valence-corrected chi connectivity index (χ3v) is 4.86. The van der Waals surface area contributed by atoms with E-state index >= 15 is 0 Å². The van der Waals surface area contributed by atoms with Crippen molar-refractivity contribution in [1.82, 2.24) is 30.0 Å². The molecule has 3 heterocycles. The van der Waals surface area contributed by atoms with Crippen LogP contribution in [0.15, 0.2) is 0 Å². The Bertz CT molecular complexity index is 577. The van der Waals surface area contributed by atoms with Gasteiger partial charge < -0.3 is 9.80 Å². The number of hydrogen-bond donors (Lipinski definition) is 0. The lowest BCUT2D eigenvalue weighted by atomic mass is 9.83. The first-order chi connectivity index (χ1) is 10.2. The summed E-state index contributed by atoms with van der Waals surface area (Å²) in [6, 6.07) is 0. The van der Waals surface area contributed by atoms with Crippen molar-refractivity contribution in [2.75, 3.05) is 33.2 Å². The third kappa shape index (κ3) is 2.74. The Kier molecular flexibility index (Phi) is 3.51. The van der Waals surface area contributed by atoms with Crippen LogP contribution in [0.1, 0.15) is 33.5 Å². The first-order valence-electron chi connectivity index (χ1n) is 7.93. The van der Waals surface area contributed by atoms with E-state index < -0.39 is 0 Å². The zero-order chi connectivity index (χ0) is 16.1. The molecule has 2 aliphatic heterocycles. The van der Waals surface area contributed by atoms with Gasteiger partial charge in [-0.05, 0) is 39.0 Å². The Balaban J connectivity index is 1.63. The van der Waals surface area contributed by atoms with Crippen LogP contribution >= 0.6 is 0 Å². The molecule has 0 spiro atoms. The Hall–Kier alpha value is -1.50. The maximum absolute atomic E-state index is 12.5. The van der Waals surface area contributed by atoms with Crippen LogP contribution in [0.3, 0.4) is 0 Å². The third-order valence-electron chi connectivity index (χ3n) is 4.86. The van der Waals surface area contributed by atoms with Gasteiger partial charge in [0.25, 0.3) is 0 Å². The van der Waals surface area contributed by atoms with Gasteiger partial charge in [0, 0.05) is 31.6 Å². The van der Waals surface area contributed by atoms with Crippen molar-refractivity contribution in [2.24, 2.45) is 11.3 Å². The molecule has 1 aromatic rings. The number of tetrazole rings is 1. The van der Waals surface area contributed by atoms with Gasteiger partial charge in [-0.1, -0.05) is 6.92 Å². The fourth-order valence-corrected chi connectivity index (χ4v) is 3.67. The van der Waals surface area contributed by atoms with Gasteiger partial charge in [-0.3, -0.25) is 4.79 Å². The van der Waals surface area contributed by atoms with Crippen molar-refractivity contribution < 1.29 is 4.79 Å². The van der Waals surface area contributed by atoms with Gasteiger partial charge in [-0.15, -0.1) is 10.2 Å². The van der Waals surface area contributed by atoms with E-state index in [1.165, 1.54) is 0 Å². The van der Waals surface area contributed by atoms with E-state index in [0.29, 0.717) is 11.7 Å². The molecule has 2 aliphatic rings. The van der Waals surface area contributed by atoms with Gasteiger partial charge in [-0.25, -0.2) is 0 Å². The number of rotatable bonds is 2. The SMILES string of the molecule is CN1C[C@@H]2CN(C(=O)Cc3nnn(C(C)(C)C)n3)C[C@]2(C)C1. The van der Waals surface area contributed by atoms with E-state index in [-0.39, 0.29) is 23.3 Å². The molecule has 1 amide bonds. The number of amides is 1. The molecular weight excluding hydrogens is 280 g/mol. The summed E-state index contributed by atoms with van der Waals surface area (Å²) in [6.07, 6.45) is 0.245. The molecule has 0 saturated carbocycles. The van der Waals surface area contributed by atoms with Crippen LogP contribution in [-0.2, 0) is 16.8 Å². The fourth-order valence-electron chi connectivity index (χ4n) is 3.67. The number of aromatic nitrogens is 4. The summed E-state index contributed by atoms with van der Waals surface area (Å²) in [5.74, 6) is 1.21. The number of nitrogens with zero attached hydrogens (tertiary/aromatic N) is 6. The molecule has 122 valence electrons. The van der Waals surface area contributed by atoms with Crippen LogP contribution < -0.4 is 0 Å². The van der Waals surface area contributed by atoms with Gasteiger partial charge in [0.15, 0.2) is 5.82 Å². The lowest BCUT2D eigenvalue weighted by Crippen LogP contribution is -2.35. The molecule has 0 radical (unpaired) electrons. The van der Waals surface area contributed by atoms with E-state index in [9.17, 15) is 4.79 Å². The smallest absolute Gasteiger partial charge is 0.230 e. The molecule has 0 bridgehead atoms. The number of hydrogen-bond acceptors (Lipinski definition) is 5. The van der Waals surface area contributed by atoms with E-state index in [1.807, 2.05) is 25.7 Å². The number of carbonyl (C=O) groups excluding carboxylic acids is 1. The minimum Gasteiger partial charge on any atom is -0.341 e. The molecule has 2 saturated heterocycles. The lowest BCUT2D eigenvalue weighted by molar-refractivity contribution is -0.130. The molecule has 0 aliphatic carbocycles. The second-order valence-electron chi connectivity index (χ2n) is 8.16. The molecular formula is C15H26N6O. The van der Waals surface area contributed by atoms with Crippen molar-refractivity contribution in [3.8, 4) is 0 Å². The standard InChI is InChI=1S/C15H26N6O/c1-14(2,3)21-17-12(16-18-21)6-13(22)20-8-11-7-19(5)9-15(11,4)10-20/h11H,6-10H2,1-5H3/t11-,15+/m1/s1. The van der Waals surface area contributed by atoms with Crippen LogP contribution in [0, 0.1) is 11.3 Å². The molecule has 0 unspecified atom stereocenters. The average molecular weight is 306 g/mol. The van der Waals surface area contributed by atoms with Crippen molar-refractivity contribution in [1.29, 1.82) is 0 Å². The summed E-state index contributed by atoms with van der Waals surface area (Å²) >= 11 is 0.